The maximum Gasteiger partial charge on any atom is 0.307 e. The largest absolute Gasteiger partial charge is 0.466 e. The maximum atomic E-state index is 12.9. The number of ether oxygens (including phenoxy) is 1. The summed E-state index contributed by atoms with van der Waals surface area (Å²) in [6.45, 7) is 9.50. The van der Waals surface area contributed by atoms with Crippen molar-refractivity contribution in [2.75, 3.05) is 6.61 Å². The zero-order chi connectivity index (χ0) is 26.2. The summed E-state index contributed by atoms with van der Waals surface area (Å²) in [5.41, 5.74) is 8.49. The molecule has 3 heteroatoms. The number of rotatable bonds is 10. The molecule has 0 saturated carbocycles. The van der Waals surface area contributed by atoms with Gasteiger partial charge in [-0.3, -0.25) is 9.69 Å². The van der Waals surface area contributed by atoms with E-state index >= 15 is 0 Å². The highest BCUT2D eigenvalue weighted by molar-refractivity contribution is 5.72. The normalized spacial score (nSPS) is 12.8. The average molecular weight is 492 g/mol. The van der Waals surface area contributed by atoms with Gasteiger partial charge in [0.2, 0.25) is 0 Å². The number of benzene rings is 4. The van der Waals surface area contributed by atoms with E-state index in [-0.39, 0.29) is 24.5 Å². The molecule has 0 amide bonds. The van der Waals surface area contributed by atoms with Crippen LogP contribution in [0.3, 0.4) is 0 Å². The second-order valence-corrected chi connectivity index (χ2v) is 9.64. The predicted octanol–water partition coefficient (Wildman–Crippen LogP) is 8.23. The van der Waals surface area contributed by atoms with E-state index in [1.807, 2.05) is 19.1 Å². The lowest BCUT2D eigenvalue weighted by atomic mass is 9.92. The van der Waals surface area contributed by atoms with Crippen LogP contribution in [0.4, 0.5) is 0 Å². The van der Waals surface area contributed by atoms with Gasteiger partial charge in [-0.1, -0.05) is 97.1 Å². The molecule has 190 valence electrons. The topological polar surface area (TPSA) is 29.5 Å². The lowest BCUT2D eigenvalue weighted by Crippen LogP contribution is -2.33. The molecule has 0 spiro atoms. The molecule has 0 N–H and O–H groups in total. The van der Waals surface area contributed by atoms with E-state index < -0.39 is 0 Å². The van der Waals surface area contributed by atoms with Crippen LogP contribution < -0.4 is 0 Å². The zero-order valence-electron chi connectivity index (χ0n) is 22.4. The van der Waals surface area contributed by atoms with Crippen LogP contribution in [0.5, 0.6) is 0 Å². The Hall–Kier alpha value is -3.69. The lowest BCUT2D eigenvalue weighted by Gasteiger charge is -2.37. The summed E-state index contributed by atoms with van der Waals surface area (Å²) in [6.07, 6.45) is 0.286. The SMILES string of the molecule is CCOC(=O)C[C@@H](c1cccc(-c2cccc(C)c2C)c1)N(Cc1ccccc1)[C@H](C)c1ccccc1. The Kier molecular flexibility index (Phi) is 8.92. The first-order valence-electron chi connectivity index (χ1n) is 13.1. The molecule has 0 fully saturated rings. The summed E-state index contributed by atoms with van der Waals surface area (Å²) in [6, 6.07) is 36.1. The van der Waals surface area contributed by atoms with E-state index in [9.17, 15) is 4.79 Å². The van der Waals surface area contributed by atoms with E-state index in [1.54, 1.807) is 0 Å². The molecule has 37 heavy (non-hydrogen) atoms. The van der Waals surface area contributed by atoms with Crippen molar-refractivity contribution in [3.05, 3.63) is 131 Å². The third kappa shape index (κ3) is 6.55. The van der Waals surface area contributed by atoms with Gasteiger partial charge in [0.1, 0.15) is 0 Å². The summed E-state index contributed by atoms with van der Waals surface area (Å²) in [4.78, 5) is 15.4. The van der Waals surface area contributed by atoms with Crippen LogP contribution >= 0.6 is 0 Å². The van der Waals surface area contributed by atoms with Crippen molar-refractivity contribution in [1.29, 1.82) is 0 Å². The molecule has 0 unspecified atom stereocenters. The Bertz CT molecular complexity index is 1300. The minimum Gasteiger partial charge on any atom is -0.466 e. The van der Waals surface area contributed by atoms with E-state index in [1.165, 1.54) is 33.4 Å². The Balaban J connectivity index is 1.81. The minimum absolute atomic E-state index is 0.0881. The van der Waals surface area contributed by atoms with Crippen molar-refractivity contribution in [3.8, 4) is 11.1 Å². The average Bonchev–Trinajstić information content (AvgIpc) is 2.93. The third-order valence-electron chi connectivity index (χ3n) is 7.24. The fraction of sp³-hybridized carbons (Fsp3) is 0.265. The van der Waals surface area contributed by atoms with Gasteiger partial charge in [-0.15, -0.1) is 0 Å². The summed E-state index contributed by atoms with van der Waals surface area (Å²) in [5.74, 6) is -0.178. The van der Waals surface area contributed by atoms with Gasteiger partial charge < -0.3 is 4.74 Å². The number of esters is 1. The van der Waals surface area contributed by atoms with Gasteiger partial charge in [-0.2, -0.15) is 0 Å². The highest BCUT2D eigenvalue weighted by Crippen LogP contribution is 2.37. The smallest absolute Gasteiger partial charge is 0.307 e. The molecule has 0 saturated heterocycles. The van der Waals surface area contributed by atoms with Crippen molar-refractivity contribution >= 4 is 5.97 Å². The first-order chi connectivity index (χ1) is 18.0. The van der Waals surface area contributed by atoms with Crippen LogP contribution in [0.25, 0.3) is 11.1 Å². The number of hydrogen-bond donors (Lipinski definition) is 0. The maximum absolute atomic E-state index is 12.9. The van der Waals surface area contributed by atoms with Crippen LogP contribution in [0.1, 0.15) is 60.2 Å². The van der Waals surface area contributed by atoms with Crippen molar-refractivity contribution in [2.45, 2.75) is 52.7 Å². The Morgan fingerprint density at radius 1 is 0.811 bits per heavy atom. The van der Waals surface area contributed by atoms with Gasteiger partial charge in [-0.25, -0.2) is 0 Å². The van der Waals surface area contributed by atoms with Crippen molar-refractivity contribution in [3.63, 3.8) is 0 Å². The molecular formula is C34H37NO2. The molecule has 2 atom stereocenters. The molecular weight excluding hydrogens is 454 g/mol. The molecule has 3 nitrogen and oxygen atoms in total. The van der Waals surface area contributed by atoms with Crippen LogP contribution in [-0.2, 0) is 16.1 Å². The molecule has 0 aromatic heterocycles. The second-order valence-electron chi connectivity index (χ2n) is 9.64. The van der Waals surface area contributed by atoms with Gasteiger partial charge in [0, 0.05) is 18.6 Å². The number of hydrogen-bond acceptors (Lipinski definition) is 3. The van der Waals surface area contributed by atoms with Crippen LogP contribution in [0.15, 0.2) is 103 Å². The van der Waals surface area contributed by atoms with Gasteiger partial charge in [-0.05, 0) is 72.7 Å². The van der Waals surface area contributed by atoms with Gasteiger partial charge >= 0.3 is 5.97 Å². The number of carbonyl (C=O) groups is 1. The molecule has 4 aromatic rings. The van der Waals surface area contributed by atoms with E-state index in [0.29, 0.717) is 13.2 Å². The highest BCUT2D eigenvalue weighted by atomic mass is 16.5. The Morgan fingerprint density at radius 3 is 2.16 bits per heavy atom. The van der Waals surface area contributed by atoms with E-state index in [2.05, 4.69) is 117 Å². The van der Waals surface area contributed by atoms with Crippen molar-refractivity contribution in [2.24, 2.45) is 0 Å². The monoisotopic (exact) mass is 491 g/mol. The minimum atomic E-state index is -0.178. The molecule has 0 bridgehead atoms. The second kappa shape index (κ2) is 12.5. The molecule has 4 rings (SSSR count). The van der Waals surface area contributed by atoms with Gasteiger partial charge in [0.25, 0.3) is 0 Å². The fourth-order valence-corrected chi connectivity index (χ4v) is 5.02. The van der Waals surface area contributed by atoms with Crippen molar-refractivity contribution < 1.29 is 9.53 Å². The number of aryl methyl sites for hydroxylation is 1. The molecule has 0 aliphatic heterocycles. The third-order valence-corrected chi connectivity index (χ3v) is 7.24. The summed E-state index contributed by atoms with van der Waals surface area (Å²) in [5, 5.41) is 0. The molecule has 0 aliphatic carbocycles. The first kappa shape index (κ1) is 26.4. The Morgan fingerprint density at radius 2 is 1.46 bits per heavy atom. The molecule has 0 aliphatic rings. The molecule has 0 heterocycles. The zero-order valence-corrected chi connectivity index (χ0v) is 22.4. The van der Waals surface area contributed by atoms with Gasteiger partial charge in [0.05, 0.1) is 13.0 Å². The standard InChI is InChI=1S/C34H37NO2/c1-5-37-34(36)23-33(31-20-13-19-30(22-31)32-21-12-14-25(2)26(32)3)35(24-28-15-8-6-9-16-28)27(4)29-17-10-7-11-18-29/h6-22,27,33H,5,23-24H2,1-4H3/t27-,33+/m1/s1. The van der Waals surface area contributed by atoms with Crippen molar-refractivity contribution in [1.82, 2.24) is 4.90 Å². The fourth-order valence-electron chi connectivity index (χ4n) is 5.02. The van der Waals surface area contributed by atoms with E-state index in [0.717, 1.165) is 5.56 Å². The summed E-state index contributed by atoms with van der Waals surface area (Å²) >= 11 is 0. The predicted molar refractivity (Wildman–Crippen MR) is 152 cm³/mol. The molecule has 4 aromatic carbocycles. The number of carbonyl (C=O) groups excluding carboxylic acids is 1. The highest BCUT2D eigenvalue weighted by Gasteiger charge is 2.29. The lowest BCUT2D eigenvalue weighted by molar-refractivity contribution is -0.145. The summed E-state index contributed by atoms with van der Waals surface area (Å²) < 4.78 is 5.46. The quantitative estimate of drug-likeness (QED) is 0.209. The summed E-state index contributed by atoms with van der Waals surface area (Å²) in [7, 11) is 0. The first-order valence-corrected chi connectivity index (χ1v) is 13.1. The van der Waals surface area contributed by atoms with Crippen LogP contribution in [-0.4, -0.2) is 17.5 Å². The molecule has 0 radical (unpaired) electrons. The van der Waals surface area contributed by atoms with Crippen LogP contribution in [0.2, 0.25) is 0 Å². The number of nitrogens with zero attached hydrogens (tertiary/aromatic N) is 1. The van der Waals surface area contributed by atoms with Gasteiger partial charge in [0.15, 0.2) is 0 Å². The Labute approximate surface area is 221 Å². The van der Waals surface area contributed by atoms with Crippen LogP contribution in [0, 0.1) is 13.8 Å². The van der Waals surface area contributed by atoms with E-state index in [4.69, 9.17) is 4.74 Å².